The average Bonchev–Trinajstić information content (AvgIpc) is 2.38. The van der Waals surface area contributed by atoms with Gasteiger partial charge in [-0.1, -0.05) is 6.92 Å². The second-order valence-corrected chi connectivity index (χ2v) is 7.15. The van der Waals surface area contributed by atoms with Crippen LogP contribution in [0.25, 0.3) is 0 Å². The van der Waals surface area contributed by atoms with Gasteiger partial charge in [0.25, 0.3) is 0 Å². The maximum absolute atomic E-state index is 10.4. The van der Waals surface area contributed by atoms with Crippen LogP contribution in [-0.2, 0) is 6.42 Å². The van der Waals surface area contributed by atoms with Gasteiger partial charge in [0.05, 0.1) is 6.10 Å². The van der Waals surface area contributed by atoms with Crippen molar-refractivity contribution in [2.75, 3.05) is 17.2 Å². The first-order valence-corrected chi connectivity index (χ1v) is 8.42. The third-order valence-electron chi connectivity index (χ3n) is 3.16. The number of anilines is 1. The van der Waals surface area contributed by atoms with Crippen molar-refractivity contribution in [3.05, 3.63) is 23.9 Å². The molecule has 3 unspecified atom stereocenters. The van der Waals surface area contributed by atoms with E-state index in [1.54, 1.807) is 6.20 Å². The van der Waals surface area contributed by atoms with E-state index >= 15 is 0 Å². The molecule has 0 bridgehead atoms. The number of aliphatic hydroxyl groups is 1. The quantitative estimate of drug-likeness (QED) is 0.887. The van der Waals surface area contributed by atoms with Gasteiger partial charge >= 0.3 is 0 Å². The van der Waals surface area contributed by atoms with Crippen LogP contribution in [0.1, 0.15) is 18.9 Å². The van der Waals surface area contributed by atoms with Crippen LogP contribution < -0.4 is 5.73 Å². The molecular formula is C13H20N2OS2. The summed E-state index contributed by atoms with van der Waals surface area (Å²) in [5.74, 6) is 2.87. The van der Waals surface area contributed by atoms with E-state index in [-0.39, 0.29) is 6.10 Å². The largest absolute Gasteiger partial charge is 0.392 e. The van der Waals surface area contributed by atoms with Crippen molar-refractivity contribution in [3.8, 4) is 0 Å². The molecule has 0 aliphatic carbocycles. The molecule has 1 fully saturated rings. The van der Waals surface area contributed by atoms with E-state index in [0.717, 1.165) is 17.7 Å². The predicted octanol–water partition coefficient (Wildman–Crippen LogP) is 2.19. The fraction of sp³-hybridized carbons (Fsp3) is 0.615. The Labute approximate surface area is 117 Å². The smallest absolute Gasteiger partial charge is 0.123 e. The first kappa shape index (κ1) is 14.0. The van der Waals surface area contributed by atoms with Crippen molar-refractivity contribution in [1.82, 2.24) is 4.98 Å². The molecule has 3 N–H and O–H groups in total. The van der Waals surface area contributed by atoms with Crippen molar-refractivity contribution in [2.24, 2.45) is 0 Å². The molecule has 0 aromatic carbocycles. The van der Waals surface area contributed by atoms with Crippen molar-refractivity contribution >= 4 is 29.3 Å². The van der Waals surface area contributed by atoms with E-state index in [4.69, 9.17) is 5.73 Å². The number of nitrogen functional groups attached to an aromatic ring is 1. The third-order valence-corrected chi connectivity index (χ3v) is 6.56. The van der Waals surface area contributed by atoms with E-state index in [0.29, 0.717) is 22.7 Å². The molecule has 18 heavy (non-hydrogen) atoms. The Hall–Kier alpha value is -0.390. The molecule has 0 spiro atoms. The SMILES string of the molecule is CCC1SCCSC1C(O)Cc1ccnc(N)c1. The van der Waals surface area contributed by atoms with E-state index in [2.05, 4.69) is 11.9 Å². The maximum atomic E-state index is 10.4. The number of nitrogens with two attached hydrogens (primary N) is 1. The molecule has 0 radical (unpaired) electrons. The topological polar surface area (TPSA) is 59.1 Å². The zero-order chi connectivity index (χ0) is 13.0. The molecule has 1 saturated heterocycles. The van der Waals surface area contributed by atoms with Crippen LogP contribution in [0.5, 0.6) is 0 Å². The van der Waals surface area contributed by atoms with Gasteiger partial charge in [-0.3, -0.25) is 0 Å². The third kappa shape index (κ3) is 3.56. The molecule has 2 heterocycles. The molecular weight excluding hydrogens is 264 g/mol. The molecule has 0 saturated carbocycles. The van der Waals surface area contributed by atoms with E-state index in [1.165, 1.54) is 5.75 Å². The van der Waals surface area contributed by atoms with Gasteiger partial charge in [0.1, 0.15) is 5.82 Å². The molecule has 5 heteroatoms. The van der Waals surface area contributed by atoms with Gasteiger partial charge in [-0.25, -0.2) is 4.98 Å². The summed E-state index contributed by atoms with van der Waals surface area (Å²) in [5, 5.41) is 11.3. The number of aliphatic hydroxyl groups excluding tert-OH is 1. The van der Waals surface area contributed by atoms with Gasteiger partial charge in [0, 0.05) is 28.2 Å². The van der Waals surface area contributed by atoms with E-state index in [9.17, 15) is 5.11 Å². The molecule has 3 nitrogen and oxygen atoms in total. The van der Waals surface area contributed by atoms with Gasteiger partial charge in [0.15, 0.2) is 0 Å². The second-order valence-electron chi connectivity index (χ2n) is 4.51. The minimum atomic E-state index is -0.297. The molecule has 1 aromatic rings. The van der Waals surface area contributed by atoms with E-state index < -0.39 is 0 Å². The molecule has 100 valence electrons. The van der Waals surface area contributed by atoms with Crippen LogP contribution in [0, 0.1) is 0 Å². The first-order chi connectivity index (χ1) is 8.70. The number of hydrogen-bond donors (Lipinski definition) is 2. The fourth-order valence-electron chi connectivity index (χ4n) is 2.27. The number of rotatable bonds is 4. The Morgan fingerprint density at radius 1 is 1.50 bits per heavy atom. The summed E-state index contributed by atoms with van der Waals surface area (Å²) in [7, 11) is 0. The molecule has 1 aliphatic rings. The second kappa shape index (κ2) is 6.68. The molecule has 1 aromatic heterocycles. The Bertz CT molecular complexity index is 389. The molecule has 2 rings (SSSR count). The van der Waals surface area contributed by atoms with Crippen molar-refractivity contribution in [3.63, 3.8) is 0 Å². The van der Waals surface area contributed by atoms with Crippen LogP contribution in [0.3, 0.4) is 0 Å². The van der Waals surface area contributed by atoms with Crippen LogP contribution in [0.15, 0.2) is 18.3 Å². The summed E-state index contributed by atoms with van der Waals surface area (Å²) in [6.45, 7) is 2.20. The number of thioether (sulfide) groups is 2. The first-order valence-electron chi connectivity index (χ1n) is 6.32. The maximum Gasteiger partial charge on any atom is 0.123 e. The standard InChI is InChI=1S/C13H20N2OS2/c1-2-11-13(18-6-5-17-11)10(16)7-9-3-4-15-12(14)8-9/h3-4,8,10-11,13,16H,2,5-7H2,1H3,(H2,14,15). The van der Waals surface area contributed by atoms with Crippen LogP contribution in [-0.4, -0.2) is 38.2 Å². The van der Waals surface area contributed by atoms with Gasteiger partial charge < -0.3 is 10.8 Å². The summed E-state index contributed by atoms with van der Waals surface area (Å²) < 4.78 is 0. The number of nitrogens with zero attached hydrogens (tertiary/aromatic N) is 1. The minimum Gasteiger partial charge on any atom is -0.392 e. The van der Waals surface area contributed by atoms with Gasteiger partial charge in [-0.2, -0.15) is 23.5 Å². The zero-order valence-electron chi connectivity index (χ0n) is 10.6. The average molecular weight is 284 g/mol. The highest BCUT2D eigenvalue weighted by molar-refractivity contribution is 8.07. The Morgan fingerprint density at radius 2 is 2.28 bits per heavy atom. The summed E-state index contributed by atoms with van der Waals surface area (Å²) >= 11 is 3.91. The number of aromatic nitrogens is 1. The lowest BCUT2D eigenvalue weighted by molar-refractivity contribution is 0.169. The summed E-state index contributed by atoms with van der Waals surface area (Å²) in [4.78, 5) is 3.98. The Morgan fingerprint density at radius 3 is 3.00 bits per heavy atom. The number of hydrogen-bond acceptors (Lipinski definition) is 5. The van der Waals surface area contributed by atoms with E-state index in [1.807, 2.05) is 35.7 Å². The van der Waals surface area contributed by atoms with Gasteiger partial charge in [-0.05, 0) is 30.5 Å². The van der Waals surface area contributed by atoms with Crippen LogP contribution in [0.2, 0.25) is 0 Å². The Kier molecular flexibility index (Phi) is 5.21. The van der Waals surface area contributed by atoms with Crippen molar-refractivity contribution in [2.45, 2.75) is 36.4 Å². The lowest BCUT2D eigenvalue weighted by Crippen LogP contribution is -2.37. The minimum absolute atomic E-state index is 0.297. The molecule has 3 atom stereocenters. The van der Waals surface area contributed by atoms with Gasteiger partial charge in [-0.15, -0.1) is 0 Å². The summed E-state index contributed by atoms with van der Waals surface area (Å²) in [6.07, 6.45) is 3.20. The van der Waals surface area contributed by atoms with Crippen molar-refractivity contribution in [1.29, 1.82) is 0 Å². The van der Waals surface area contributed by atoms with Crippen LogP contribution >= 0.6 is 23.5 Å². The number of pyridine rings is 1. The van der Waals surface area contributed by atoms with Crippen molar-refractivity contribution < 1.29 is 5.11 Å². The summed E-state index contributed by atoms with van der Waals surface area (Å²) in [5.41, 5.74) is 6.73. The summed E-state index contributed by atoms with van der Waals surface area (Å²) in [6, 6.07) is 3.78. The normalized spacial score (nSPS) is 25.9. The Balaban J connectivity index is 1.99. The highest BCUT2D eigenvalue weighted by Gasteiger charge is 2.30. The lowest BCUT2D eigenvalue weighted by atomic mass is 10.0. The highest BCUT2D eigenvalue weighted by Crippen LogP contribution is 2.35. The predicted molar refractivity (Wildman–Crippen MR) is 81.1 cm³/mol. The zero-order valence-corrected chi connectivity index (χ0v) is 12.2. The lowest BCUT2D eigenvalue weighted by Gasteiger charge is -2.33. The van der Waals surface area contributed by atoms with Gasteiger partial charge in [0.2, 0.25) is 0 Å². The fourth-order valence-corrected chi connectivity index (χ4v) is 5.42. The molecule has 0 amide bonds. The molecule has 1 aliphatic heterocycles. The van der Waals surface area contributed by atoms with Crippen LogP contribution in [0.4, 0.5) is 5.82 Å². The highest BCUT2D eigenvalue weighted by atomic mass is 32.2. The monoisotopic (exact) mass is 284 g/mol.